The summed E-state index contributed by atoms with van der Waals surface area (Å²) in [5.74, 6) is -0.592. The molecule has 0 atom stereocenters. The minimum absolute atomic E-state index is 0.0260. The number of rotatable bonds is 4. The third kappa shape index (κ3) is 6.00. The molecule has 1 N–H and O–H groups in total. The predicted molar refractivity (Wildman–Crippen MR) is 80.1 cm³/mol. The Kier molecular flexibility index (Phi) is 5.37. The van der Waals surface area contributed by atoms with Gasteiger partial charge in [0.05, 0.1) is 17.2 Å². The molecule has 0 aromatic heterocycles. The van der Waals surface area contributed by atoms with Crippen LogP contribution in [0, 0.1) is 17.1 Å². The van der Waals surface area contributed by atoms with E-state index in [4.69, 9.17) is 14.7 Å². The SMILES string of the molecule is CC(C)(COc1ccc(C#N)cc1F)NC(=O)OC(C)(C)C. The van der Waals surface area contributed by atoms with E-state index >= 15 is 0 Å². The van der Waals surface area contributed by atoms with Crippen LogP contribution in [0.3, 0.4) is 0 Å². The number of ether oxygens (including phenoxy) is 2. The third-order valence-corrected chi connectivity index (χ3v) is 2.49. The zero-order chi connectivity index (χ0) is 17.0. The number of halogens is 1. The van der Waals surface area contributed by atoms with Gasteiger partial charge < -0.3 is 14.8 Å². The Hall–Kier alpha value is -2.29. The molecule has 120 valence electrons. The molecule has 6 heteroatoms. The Morgan fingerprint density at radius 3 is 2.45 bits per heavy atom. The number of nitrogens with zero attached hydrogens (tertiary/aromatic N) is 1. The molecule has 0 radical (unpaired) electrons. The first-order valence-electron chi connectivity index (χ1n) is 6.86. The second-order valence-electron chi connectivity index (χ2n) is 6.56. The molecule has 5 nitrogen and oxygen atoms in total. The van der Waals surface area contributed by atoms with Gasteiger partial charge in [0.15, 0.2) is 11.6 Å². The highest BCUT2D eigenvalue weighted by molar-refractivity contribution is 5.68. The van der Waals surface area contributed by atoms with E-state index < -0.39 is 23.1 Å². The number of nitrogens with one attached hydrogen (secondary N) is 1. The maximum absolute atomic E-state index is 13.7. The molecule has 1 rings (SSSR count). The van der Waals surface area contributed by atoms with E-state index in [9.17, 15) is 9.18 Å². The average Bonchev–Trinajstić information content (AvgIpc) is 2.34. The van der Waals surface area contributed by atoms with Gasteiger partial charge in [-0.15, -0.1) is 0 Å². The van der Waals surface area contributed by atoms with Gasteiger partial charge in [-0.25, -0.2) is 9.18 Å². The second-order valence-corrected chi connectivity index (χ2v) is 6.56. The number of carbonyl (C=O) groups excluding carboxylic acids is 1. The summed E-state index contributed by atoms with van der Waals surface area (Å²) in [5, 5.41) is 11.3. The quantitative estimate of drug-likeness (QED) is 0.925. The molecule has 0 saturated heterocycles. The van der Waals surface area contributed by atoms with E-state index in [1.807, 2.05) is 6.07 Å². The fraction of sp³-hybridized carbons (Fsp3) is 0.500. The molecular weight excluding hydrogens is 287 g/mol. The van der Waals surface area contributed by atoms with E-state index in [-0.39, 0.29) is 17.9 Å². The van der Waals surface area contributed by atoms with Gasteiger partial charge >= 0.3 is 6.09 Å². The number of amides is 1. The Labute approximate surface area is 130 Å². The zero-order valence-corrected chi connectivity index (χ0v) is 13.5. The molecule has 0 saturated carbocycles. The van der Waals surface area contributed by atoms with Crippen molar-refractivity contribution in [1.29, 1.82) is 5.26 Å². The van der Waals surface area contributed by atoms with Crippen LogP contribution in [0.15, 0.2) is 18.2 Å². The van der Waals surface area contributed by atoms with E-state index in [1.165, 1.54) is 12.1 Å². The van der Waals surface area contributed by atoms with Crippen LogP contribution in [0.5, 0.6) is 5.75 Å². The predicted octanol–water partition coefficient (Wildman–Crippen LogP) is 3.38. The van der Waals surface area contributed by atoms with Crippen molar-refractivity contribution in [2.45, 2.75) is 45.8 Å². The van der Waals surface area contributed by atoms with Crippen LogP contribution in [0.2, 0.25) is 0 Å². The molecule has 1 aromatic carbocycles. The molecule has 0 heterocycles. The number of hydrogen-bond donors (Lipinski definition) is 1. The lowest BCUT2D eigenvalue weighted by atomic mass is 10.1. The average molecular weight is 308 g/mol. The molecular formula is C16H21FN2O3. The number of benzene rings is 1. The topological polar surface area (TPSA) is 71.3 Å². The summed E-state index contributed by atoms with van der Waals surface area (Å²) >= 11 is 0. The van der Waals surface area contributed by atoms with Crippen LogP contribution in [0.25, 0.3) is 0 Å². The molecule has 1 amide bonds. The number of alkyl carbamates (subject to hydrolysis) is 1. The fourth-order valence-electron chi connectivity index (χ4n) is 1.56. The van der Waals surface area contributed by atoms with E-state index in [1.54, 1.807) is 34.6 Å². The Bertz CT molecular complexity index is 586. The van der Waals surface area contributed by atoms with Gasteiger partial charge in [0.1, 0.15) is 12.2 Å². The van der Waals surface area contributed by atoms with E-state index in [2.05, 4.69) is 5.32 Å². The van der Waals surface area contributed by atoms with Crippen LogP contribution in [0.1, 0.15) is 40.2 Å². The van der Waals surface area contributed by atoms with Crippen LogP contribution in [0.4, 0.5) is 9.18 Å². The molecule has 0 bridgehead atoms. The summed E-state index contributed by atoms with van der Waals surface area (Å²) in [4.78, 5) is 11.7. The number of nitriles is 1. The fourth-order valence-corrected chi connectivity index (χ4v) is 1.56. The van der Waals surface area contributed by atoms with Crippen molar-refractivity contribution < 1.29 is 18.7 Å². The summed E-state index contributed by atoms with van der Waals surface area (Å²) < 4.78 is 24.3. The monoisotopic (exact) mass is 308 g/mol. The molecule has 1 aromatic rings. The number of carbonyl (C=O) groups is 1. The highest BCUT2D eigenvalue weighted by atomic mass is 19.1. The standard InChI is InChI=1S/C16H21FN2O3/c1-15(2,3)22-14(20)19-16(4,5)10-21-13-7-6-11(9-18)8-12(13)17/h6-8H,10H2,1-5H3,(H,19,20). The van der Waals surface area contributed by atoms with Gasteiger partial charge in [-0.3, -0.25) is 0 Å². The Balaban J connectivity index is 2.62. The smallest absolute Gasteiger partial charge is 0.408 e. The minimum atomic E-state index is -0.747. The van der Waals surface area contributed by atoms with Gasteiger partial charge in [0, 0.05) is 0 Å². The lowest BCUT2D eigenvalue weighted by molar-refractivity contribution is 0.0440. The lowest BCUT2D eigenvalue weighted by Crippen LogP contribution is -2.49. The molecule has 0 aliphatic carbocycles. The Morgan fingerprint density at radius 2 is 1.95 bits per heavy atom. The van der Waals surface area contributed by atoms with Crippen molar-refractivity contribution in [3.8, 4) is 11.8 Å². The summed E-state index contributed by atoms with van der Waals surface area (Å²) in [7, 11) is 0. The van der Waals surface area contributed by atoms with Crippen LogP contribution >= 0.6 is 0 Å². The van der Waals surface area contributed by atoms with E-state index in [0.717, 1.165) is 6.07 Å². The summed E-state index contributed by atoms with van der Waals surface area (Å²) in [5.41, 5.74) is -1.13. The summed E-state index contributed by atoms with van der Waals surface area (Å²) in [6.07, 6.45) is -0.568. The van der Waals surface area contributed by atoms with Gasteiger partial charge in [-0.05, 0) is 52.8 Å². The van der Waals surface area contributed by atoms with Crippen LogP contribution in [-0.4, -0.2) is 23.8 Å². The zero-order valence-electron chi connectivity index (χ0n) is 13.5. The highest BCUT2D eigenvalue weighted by Gasteiger charge is 2.25. The molecule has 0 aliphatic rings. The molecule has 0 fully saturated rings. The first kappa shape index (κ1) is 17.8. The van der Waals surface area contributed by atoms with Crippen molar-refractivity contribution in [3.05, 3.63) is 29.6 Å². The second kappa shape index (κ2) is 6.65. The van der Waals surface area contributed by atoms with Gasteiger partial charge in [-0.2, -0.15) is 5.26 Å². The molecule has 22 heavy (non-hydrogen) atoms. The normalized spacial score (nSPS) is 11.5. The molecule has 0 aliphatic heterocycles. The summed E-state index contributed by atoms with van der Waals surface area (Å²) in [6.45, 7) is 8.82. The van der Waals surface area contributed by atoms with Gasteiger partial charge in [0.25, 0.3) is 0 Å². The van der Waals surface area contributed by atoms with Crippen molar-refractivity contribution in [3.63, 3.8) is 0 Å². The first-order valence-corrected chi connectivity index (χ1v) is 6.86. The van der Waals surface area contributed by atoms with Gasteiger partial charge in [0.2, 0.25) is 0 Å². The van der Waals surface area contributed by atoms with Crippen LogP contribution < -0.4 is 10.1 Å². The van der Waals surface area contributed by atoms with Gasteiger partial charge in [-0.1, -0.05) is 0 Å². The van der Waals surface area contributed by atoms with Crippen molar-refractivity contribution in [2.24, 2.45) is 0 Å². The maximum Gasteiger partial charge on any atom is 0.408 e. The lowest BCUT2D eigenvalue weighted by Gasteiger charge is -2.28. The molecule has 0 unspecified atom stereocenters. The third-order valence-electron chi connectivity index (χ3n) is 2.49. The number of hydrogen-bond acceptors (Lipinski definition) is 4. The van der Waals surface area contributed by atoms with Crippen LogP contribution in [-0.2, 0) is 4.74 Å². The molecule has 0 spiro atoms. The highest BCUT2D eigenvalue weighted by Crippen LogP contribution is 2.19. The van der Waals surface area contributed by atoms with Crippen molar-refractivity contribution >= 4 is 6.09 Å². The largest absolute Gasteiger partial charge is 0.488 e. The summed E-state index contributed by atoms with van der Waals surface area (Å²) in [6, 6.07) is 5.80. The maximum atomic E-state index is 13.7. The van der Waals surface area contributed by atoms with Crippen molar-refractivity contribution in [2.75, 3.05) is 6.61 Å². The van der Waals surface area contributed by atoms with Crippen molar-refractivity contribution in [1.82, 2.24) is 5.32 Å². The first-order chi connectivity index (χ1) is 10.0. The Morgan fingerprint density at radius 1 is 1.32 bits per heavy atom. The minimum Gasteiger partial charge on any atom is -0.488 e. The van der Waals surface area contributed by atoms with E-state index in [0.29, 0.717) is 0 Å².